The largest absolute Gasteiger partial charge is 0.542 e. The molecule has 0 bridgehead atoms. The molecule has 0 radical (unpaired) electrons. The molecule has 0 spiro atoms. The van der Waals surface area contributed by atoms with Gasteiger partial charge in [0.15, 0.2) is 0 Å². The summed E-state index contributed by atoms with van der Waals surface area (Å²) in [5.41, 5.74) is 11.1. The average molecular weight is 633 g/mol. The Balaban J connectivity index is 0.000000860. The quantitative estimate of drug-likeness (QED) is 0.123. The molecule has 0 aliphatic heterocycles. The molecular weight excluding hydrogens is 588 g/mol. The molecule has 0 aliphatic carbocycles. The highest BCUT2D eigenvalue weighted by atomic mass is 31.2. The number of carboxylic acid groups (broad SMARTS) is 1. The minimum Gasteiger partial charge on any atom is -0.542 e. The number of carbonyl (C=O) groups excluding carboxylic acids is 2. The molecule has 44 heavy (non-hydrogen) atoms. The third-order valence-corrected chi connectivity index (χ3v) is 11.8. The number of carbonyl (C=O) groups is 2. The Labute approximate surface area is 259 Å². The van der Waals surface area contributed by atoms with E-state index in [1.54, 1.807) is 0 Å². The summed E-state index contributed by atoms with van der Waals surface area (Å²) < 4.78 is 31.5. The molecular formula is C34H44F3N2O4P. The number of nitrogens with two attached hydrogens (primary N) is 1. The standard InChI is InChI=1S/C32H43N2O2P.C2HF3O2/c1-26-12-18-29(19-13-26)37(30-20-14-27(2)15-21-30,31-22-16-28(3)17-23-31)25-11-9-7-5-4-6-8-10-24-36-34-32(33)35;3-2(4,5)1(6)7/h12-23H,4-11,24-25H2,1-3H3,(H2-,33,34,35);(H,6,7). The summed E-state index contributed by atoms with van der Waals surface area (Å²) in [5, 5.41) is 13.2. The zero-order chi connectivity index (χ0) is 32.6. The predicted molar refractivity (Wildman–Crippen MR) is 171 cm³/mol. The summed E-state index contributed by atoms with van der Waals surface area (Å²) in [5.74, 6) is -3.01. The fourth-order valence-corrected chi connectivity index (χ4v) is 9.28. The van der Waals surface area contributed by atoms with Crippen LogP contribution in [0.15, 0.2) is 72.8 Å². The molecule has 3 rings (SSSR count). The molecule has 6 nitrogen and oxygen atoms in total. The first-order valence-corrected chi connectivity index (χ1v) is 16.9. The highest BCUT2D eigenvalue weighted by Crippen LogP contribution is 2.56. The predicted octanol–water partition coefficient (Wildman–Crippen LogP) is 5.93. The van der Waals surface area contributed by atoms with Gasteiger partial charge < -0.3 is 15.6 Å². The lowest BCUT2D eigenvalue weighted by molar-refractivity contribution is -0.344. The maximum Gasteiger partial charge on any atom is 0.430 e. The molecule has 3 aromatic rings. The van der Waals surface area contributed by atoms with Gasteiger partial charge in [0.05, 0.1) is 12.8 Å². The van der Waals surface area contributed by atoms with Crippen LogP contribution in [0.2, 0.25) is 0 Å². The zero-order valence-corrected chi connectivity index (χ0v) is 26.7. The number of benzene rings is 3. The van der Waals surface area contributed by atoms with Gasteiger partial charge in [-0.2, -0.15) is 13.2 Å². The van der Waals surface area contributed by atoms with E-state index in [0.717, 1.165) is 12.8 Å². The van der Waals surface area contributed by atoms with Crippen LogP contribution in [0.3, 0.4) is 0 Å². The second-order valence-electron chi connectivity index (χ2n) is 11.0. The highest BCUT2D eigenvalue weighted by Gasteiger charge is 2.44. The second-order valence-corrected chi connectivity index (χ2v) is 14.6. The summed E-state index contributed by atoms with van der Waals surface area (Å²) >= 11 is 0. The Morgan fingerprint density at radius 3 is 1.32 bits per heavy atom. The first-order valence-electron chi connectivity index (χ1n) is 14.9. The van der Waals surface area contributed by atoms with Crippen LogP contribution in [0.25, 0.3) is 0 Å². The number of primary amides is 1. The number of amides is 2. The summed E-state index contributed by atoms with van der Waals surface area (Å²) in [6, 6.07) is 27.3. The smallest absolute Gasteiger partial charge is 0.430 e. The van der Waals surface area contributed by atoms with Gasteiger partial charge >= 0.3 is 12.2 Å². The van der Waals surface area contributed by atoms with Crippen molar-refractivity contribution in [2.24, 2.45) is 5.73 Å². The molecule has 0 saturated heterocycles. The fraction of sp³-hybridized carbons (Fsp3) is 0.412. The van der Waals surface area contributed by atoms with Crippen molar-refractivity contribution in [3.05, 3.63) is 89.5 Å². The van der Waals surface area contributed by atoms with Crippen LogP contribution >= 0.6 is 7.26 Å². The Kier molecular flexibility index (Phi) is 15.4. The van der Waals surface area contributed by atoms with E-state index >= 15 is 0 Å². The highest BCUT2D eigenvalue weighted by molar-refractivity contribution is 7.95. The first-order chi connectivity index (χ1) is 20.9. The summed E-state index contributed by atoms with van der Waals surface area (Å²) in [6.07, 6.45) is 5.55. The van der Waals surface area contributed by atoms with Crippen LogP contribution in [-0.2, 0) is 9.63 Å². The molecule has 3 aromatic carbocycles. The molecule has 0 aromatic heterocycles. The second kappa shape index (κ2) is 18.4. The zero-order valence-electron chi connectivity index (χ0n) is 25.8. The van der Waals surface area contributed by atoms with Crippen molar-refractivity contribution in [3.63, 3.8) is 0 Å². The third kappa shape index (κ3) is 12.3. The number of aliphatic carboxylic acids is 1. The molecule has 3 N–H and O–H groups in total. The van der Waals surface area contributed by atoms with E-state index < -0.39 is 25.4 Å². The number of halogens is 3. The molecule has 0 unspecified atom stereocenters. The van der Waals surface area contributed by atoms with E-state index in [1.807, 2.05) is 0 Å². The molecule has 0 aliphatic rings. The molecule has 0 saturated carbocycles. The molecule has 0 fully saturated rings. The van der Waals surface area contributed by atoms with Gasteiger partial charge in [0.1, 0.15) is 29.1 Å². The lowest BCUT2D eigenvalue weighted by Gasteiger charge is -2.28. The fourth-order valence-electron chi connectivity index (χ4n) is 4.94. The number of alkyl halides is 3. The topological polar surface area (TPSA) is 104 Å². The number of aryl methyl sites for hydroxylation is 3. The van der Waals surface area contributed by atoms with Gasteiger partial charge in [-0.3, -0.25) is 4.84 Å². The SMILES string of the molecule is Cc1ccc([P+](CCCCCCCCCCONC(N)=O)(c2ccc(C)cc2)c2ccc(C)cc2)cc1.O=C([O-])C(F)(F)F. The van der Waals surface area contributed by atoms with Crippen LogP contribution in [0, 0.1) is 20.8 Å². The maximum atomic E-state index is 10.6. The lowest BCUT2D eigenvalue weighted by atomic mass is 10.1. The number of urea groups is 1. The Morgan fingerprint density at radius 2 is 1.00 bits per heavy atom. The first kappa shape index (κ1) is 36.8. The van der Waals surface area contributed by atoms with Crippen LogP contribution in [0.4, 0.5) is 18.0 Å². The van der Waals surface area contributed by atoms with E-state index in [4.69, 9.17) is 20.5 Å². The Hall–Kier alpha value is -3.42. The van der Waals surface area contributed by atoms with Crippen molar-refractivity contribution in [2.45, 2.75) is 78.3 Å². The van der Waals surface area contributed by atoms with Gasteiger partial charge in [-0.25, -0.2) is 10.3 Å². The van der Waals surface area contributed by atoms with Crippen molar-refractivity contribution in [1.29, 1.82) is 0 Å². The van der Waals surface area contributed by atoms with Crippen molar-refractivity contribution in [3.8, 4) is 0 Å². The number of unbranched alkanes of at least 4 members (excludes halogenated alkanes) is 7. The van der Waals surface area contributed by atoms with E-state index in [0.29, 0.717) is 6.61 Å². The Bertz CT molecular complexity index is 1170. The van der Waals surface area contributed by atoms with E-state index in [2.05, 4.69) is 99.0 Å². The van der Waals surface area contributed by atoms with Gasteiger partial charge in [0.2, 0.25) is 0 Å². The molecule has 0 atom stereocenters. The monoisotopic (exact) mass is 632 g/mol. The van der Waals surface area contributed by atoms with E-state index in [9.17, 15) is 18.0 Å². The van der Waals surface area contributed by atoms with E-state index in [-0.39, 0.29) is 0 Å². The van der Waals surface area contributed by atoms with Crippen LogP contribution < -0.4 is 32.2 Å². The summed E-state index contributed by atoms with van der Waals surface area (Å²) in [6.45, 7) is 7.04. The number of hydrogen-bond donors (Lipinski definition) is 2. The van der Waals surface area contributed by atoms with Crippen molar-refractivity contribution in [2.75, 3.05) is 12.8 Å². The third-order valence-electron chi connectivity index (χ3n) is 7.32. The number of rotatable bonds is 15. The van der Waals surface area contributed by atoms with Crippen LogP contribution in [0.5, 0.6) is 0 Å². The van der Waals surface area contributed by atoms with Crippen molar-refractivity contribution < 1.29 is 32.7 Å². The normalized spacial score (nSPS) is 11.4. The number of hydroxylamine groups is 1. The van der Waals surface area contributed by atoms with Gasteiger partial charge in [-0.05, 0) is 76.4 Å². The van der Waals surface area contributed by atoms with Crippen LogP contribution in [-0.4, -0.2) is 30.9 Å². The minimum atomic E-state index is -5.19. The van der Waals surface area contributed by atoms with Crippen molar-refractivity contribution in [1.82, 2.24) is 5.48 Å². The molecule has 240 valence electrons. The van der Waals surface area contributed by atoms with Crippen LogP contribution in [0.1, 0.15) is 68.1 Å². The van der Waals surface area contributed by atoms with E-state index in [1.165, 1.54) is 77.3 Å². The number of nitrogens with one attached hydrogen (secondary N) is 1. The van der Waals surface area contributed by atoms with Gasteiger partial charge in [-0.1, -0.05) is 85.2 Å². The summed E-state index contributed by atoms with van der Waals surface area (Å²) in [7, 11) is -1.75. The van der Waals surface area contributed by atoms with Crippen molar-refractivity contribution >= 4 is 35.2 Å². The molecule has 0 heterocycles. The Morgan fingerprint density at radius 1 is 0.682 bits per heavy atom. The van der Waals surface area contributed by atoms with Gasteiger partial charge in [0.25, 0.3) is 0 Å². The number of hydrogen-bond acceptors (Lipinski definition) is 4. The molecule has 10 heteroatoms. The lowest BCUT2D eigenvalue weighted by Crippen LogP contribution is -2.37. The maximum absolute atomic E-state index is 10.6. The summed E-state index contributed by atoms with van der Waals surface area (Å²) in [4.78, 5) is 24.4. The van der Waals surface area contributed by atoms with Gasteiger partial charge in [0, 0.05) is 0 Å². The van der Waals surface area contributed by atoms with Gasteiger partial charge in [-0.15, -0.1) is 0 Å². The minimum absolute atomic E-state index is 0.520. The average Bonchev–Trinajstić information content (AvgIpc) is 2.97. The number of carboxylic acids is 1. The molecule has 2 amide bonds.